The minimum Gasteiger partial charge on any atom is -0.466 e. The molecule has 1 atom stereocenters. The summed E-state index contributed by atoms with van der Waals surface area (Å²) in [6.45, 7) is 2.19. The van der Waals surface area contributed by atoms with Crippen LogP contribution in [0.4, 0.5) is 24.8 Å². The van der Waals surface area contributed by atoms with Crippen LogP contribution in [-0.4, -0.2) is 27.5 Å². The first kappa shape index (κ1) is 22.9. The Morgan fingerprint density at radius 1 is 1.27 bits per heavy atom. The van der Waals surface area contributed by atoms with Crippen LogP contribution in [0.15, 0.2) is 48.8 Å². The summed E-state index contributed by atoms with van der Waals surface area (Å²) in [7, 11) is 0. The van der Waals surface area contributed by atoms with Crippen molar-refractivity contribution < 1.29 is 22.7 Å². The van der Waals surface area contributed by atoms with Crippen molar-refractivity contribution in [2.45, 2.75) is 32.4 Å². The minimum absolute atomic E-state index is 0.103. The van der Waals surface area contributed by atoms with Crippen molar-refractivity contribution in [1.82, 2.24) is 15.0 Å². The quantitative estimate of drug-likeness (QED) is 0.435. The van der Waals surface area contributed by atoms with Crippen LogP contribution in [-0.2, 0) is 15.7 Å². The zero-order valence-corrected chi connectivity index (χ0v) is 18.5. The minimum atomic E-state index is -4.54. The van der Waals surface area contributed by atoms with Gasteiger partial charge in [-0.05, 0) is 55.5 Å². The van der Waals surface area contributed by atoms with E-state index in [1.54, 1.807) is 25.3 Å². The lowest BCUT2D eigenvalue weighted by atomic mass is 9.90. The van der Waals surface area contributed by atoms with Gasteiger partial charge in [0.15, 0.2) is 0 Å². The van der Waals surface area contributed by atoms with E-state index in [0.717, 1.165) is 46.1 Å². The third kappa shape index (κ3) is 5.57. The molecule has 4 rings (SSSR count). The smallest absolute Gasteiger partial charge is 0.433 e. The molecule has 1 aromatic carbocycles. The van der Waals surface area contributed by atoms with Crippen molar-refractivity contribution in [2.75, 3.05) is 11.9 Å². The number of hydrogen-bond donors (Lipinski definition) is 1. The van der Waals surface area contributed by atoms with E-state index >= 15 is 0 Å². The highest BCUT2D eigenvalue weighted by Crippen LogP contribution is 2.36. The average molecular weight is 475 g/mol. The molecule has 0 radical (unpaired) electrons. The molecule has 0 amide bonds. The molecular formula is C23H21F3N4O2S. The number of anilines is 2. The fourth-order valence-electron chi connectivity index (χ4n) is 3.51. The number of carbonyl (C=O) groups is 1. The maximum absolute atomic E-state index is 12.9. The number of allylic oxidation sites excluding steroid dienone is 2. The number of esters is 1. The fourth-order valence-corrected chi connectivity index (χ4v) is 4.50. The number of benzene rings is 1. The van der Waals surface area contributed by atoms with Crippen LogP contribution in [0, 0.1) is 5.92 Å². The molecule has 2 aromatic heterocycles. The summed E-state index contributed by atoms with van der Waals surface area (Å²) >= 11 is 1.53. The summed E-state index contributed by atoms with van der Waals surface area (Å²) < 4.78 is 43.8. The lowest BCUT2D eigenvalue weighted by molar-refractivity contribution is -0.148. The van der Waals surface area contributed by atoms with E-state index < -0.39 is 11.9 Å². The molecule has 0 fully saturated rings. The van der Waals surface area contributed by atoms with E-state index in [1.807, 2.05) is 12.1 Å². The molecule has 0 aliphatic heterocycles. The highest BCUT2D eigenvalue weighted by atomic mass is 32.1. The standard InChI is InChI=1S/C23H21F3N4O2S/c1-2-32-21(31)15-8-6-14(7-9-15)20-28-13-18(33-20)16-4-3-5-17(12-16)29-22-27-11-10-19(30-22)23(24,25)26/h3-6,10-13,15H,2,7-9H2,1H3,(H,27,29,30). The second-order valence-electron chi connectivity index (χ2n) is 7.45. The highest BCUT2D eigenvalue weighted by molar-refractivity contribution is 7.16. The molecule has 0 bridgehead atoms. The van der Waals surface area contributed by atoms with Crippen molar-refractivity contribution in [3.8, 4) is 10.4 Å². The van der Waals surface area contributed by atoms with Gasteiger partial charge in [-0.15, -0.1) is 11.3 Å². The van der Waals surface area contributed by atoms with E-state index in [4.69, 9.17) is 4.74 Å². The molecule has 0 saturated heterocycles. The Balaban J connectivity index is 1.48. The molecule has 0 spiro atoms. The number of ether oxygens (including phenoxy) is 1. The molecule has 33 heavy (non-hydrogen) atoms. The highest BCUT2D eigenvalue weighted by Gasteiger charge is 2.32. The maximum atomic E-state index is 12.9. The Bertz CT molecular complexity index is 1180. The van der Waals surface area contributed by atoms with Gasteiger partial charge < -0.3 is 10.1 Å². The molecule has 3 aromatic rings. The molecule has 0 saturated carbocycles. The third-order valence-electron chi connectivity index (χ3n) is 5.16. The summed E-state index contributed by atoms with van der Waals surface area (Å²) in [6.07, 6.45) is 2.49. The van der Waals surface area contributed by atoms with Crippen LogP contribution < -0.4 is 5.32 Å². The molecule has 1 N–H and O–H groups in total. The Morgan fingerprint density at radius 3 is 2.85 bits per heavy atom. The predicted octanol–water partition coefficient (Wildman–Crippen LogP) is 6.11. The van der Waals surface area contributed by atoms with E-state index in [9.17, 15) is 18.0 Å². The Morgan fingerprint density at radius 2 is 2.12 bits per heavy atom. The van der Waals surface area contributed by atoms with Gasteiger partial charge in [-0.2, -0.15) is 13.2 Å². The summed E-state index contributed by atoms with van der Waals surface area (Å²) in [5, 5.41) is 3.72. The number of rotatable bonds is 6. The van der Waals surface area contributed by atoms with E-state index in [2.05, 4.69) is 26.3 Å². The van der Waals surface area contributed by atoms with E-state index in [1.165, 1.54) is 11.3 Å². The van der Waals surface area contributed by atoms with Gasteiger partial charge in [-0.25, -0.2) is 15.0 Å². The Labute approximate surface area is 192 Å². The van der Waals surface area contributed by atoms with Crippen molar-refractivity contribution in [3.63, 3.8) is 0 Å². The van der Waals surface area contributed by atoms with Gasteiger partial charge >= 0.3 is 12.1 Å². The number of carbonyl (C=O) groups excluding carboxylic acids is 1. The fraction of sp³-hybridized carbons (Fsp3) is 0.304. The van der Waals surface area contributed by atoms with Gasteiger partial charge in [-0.1, -0.05) is 18.2 Å². The summed E-state index contributed by atoms with van der Waals surface area (Å²) in [4.78, 5) is 24.8. The van der Waals surface area contributed by atoms with Crippen molar-refractivity contribution in [2.24, 2.45) is 5.92 Å². The molecule has 6 nitrogen and oxygen atoms in total. The van der Waals surface area contributed by atoms with Gasteiger partial charge in [0, 0.05) is 18.1 Å². The summed E-state index contributed by atoms with van der Waals surface area (Å²) in [5.41, 5.74) is 1.54. The second-order valence-corrected chi connectivity index (χ2v) is 8.48. The van der Waals surface area contributed by atoms with Gasteiger partial charge in [0.2, 0.25) is 5.95 Å². The first-order chi connectivity index (χ1) is 15.8. The number of hydrogen-bond acceptors (Lipinski definition) is 7. The van der Waals surface area contributed by atoms with Gasteiger partial charge in [0.1, 0.15) is 10.7 Å². The molecule has 1 aliphatic rings. The Kier molecular flexibility index (Phi) is 6.73. The van der Waals surface area contributed by atoms with Crippen LogP contribution in [0.2, 0.25) is 0 Å². The second kappa shape index (κ2) is 9.70. The number of thiazole rings is 1. The number of nitrogens with one attached hydrogen (secondary N) is 1. The van der Waals surface area contributed by atoms with Gasteiger partial charge in [0.25, 0.3) is 0 Å². The zero-order chi connectivity index (χ0) is 23.4. The third-order valence-corrected chi connectivity index (χ3v) is 6.28. The SMILES string of the molecule is CCOC(=O)C1CC=C(c2ncc(-c3cccc(Nc4nccc(C(F)(F)F)n4)c3)s2)CC1. The number of aromatic nitrogens is 3. The van der Waals surface area contributed by atoms with Gasteiger partial charge in [-0.3, -0.25) is 4.79 Å². The maximum Gasteiger partial charge on any atom is 0.433 e. The van der Waals surface area contributed by atoms with Crippen LogP contribution in [0.25, 0.3) is 16.0 Å². The normalized spacial score (nSPS) is 16.2. The van der Waals surface area contributed by atoms with Crippen LogP contribution in [0.5, 0.6) is 0 Å². The molecule has 1 unspecified atom stereocenters. The zero-order valence-electron chi connectivity index (χ0n) is 17.7. The predicted molar refractivity (Wildman–Crippen MR) is 120 cm³/mol. The number of nitrogens with zero attached hydrogens (tertiary/aromatic N) is 3. The van der Waals surface area contributed by atoms with Crippen LogP contribution in [0.1, 0.15) is 36.9 Å². The topological polar surface area (TPSA) is 77.0 Å². The molecule has 10 heteroatoms. The van der Waals surface area contributed by atoms with Crippen LogP contribution in [0.3, 0.4) is 0 Å². The van der Waals surface area contributed by atoms with Crippen molar-refractivity contribution >= 4 is 34.5 Å². The monoisotopic (exact) mass is 474 g/mol. The molecule has 172 valence electrons. The average Bonchev–Trinajstić information content (AvgIpc) is 3.30. The van der Waals surface area contributed by atoms with Crippen LogP contribution >= 0.6 is 11.3 Å². The number of alkyl halides is 3. The van der Waals surface area contributed by atoms with E-state index in [-0.39, 0.29) is 17.8 Å². The first-order valence-corrected chi connectivity index (χ1v) is 11.2. The first-order valence-electron chi connectivity index (χ1n) is 10.4. The number of halogens is 3. The largest absolute Gasteiger partial charge is 0.466 e. The van der Waals surface area contributed by atoms with E-state index in [0.29, 0.717) is 18.7 Å². The molecule has 1 aliphatic carbocycles. The molecule has 2 heterocycles. The van der Waals surface area contributed by atoms with Crippen molar-refractivity contribution in [3.05, 3.63) is 59.5 Å². The molecular weight excluding hydrogens is 453 g/mol. The lowest BCUT2D eigenvalue weighted by Gasteiger charge is -2.19. The van der Waals surface area contributed by atoms with Gasteiger partial charge in [0.05, 0.1) is 17.4 Å². The lowest BCUT2D eigenvalue weighted by Crippen LogP contribution is -2.19. The van der Waals surface area contributed by atoms with Crippen molar-refractivity contribution in [1.29, 1.82) is 0 Å². The summed E-state index contributed by atoms with van der Waals surface area (Å²) in [5.74, 6) is -0.383. The Hall–Kier alpha value is -3.27. The summed E-state index contributed by atoms with van der Waals surface area (Å²) in [6, 6.07) is 8.08.